The van der Waals surface area contributed by atoms with Crippen molar-refractivity contribution in [1.29, 1.82) is 0 Å². The quantitative estimate of drug-likeness (QED) is 0.897. The molecule has 0 saturated heterocycles. The highest BCUT2D eigenvalue weighted by Gasteiger charge is 2.31. The first-order valence-corrected chi connectivity index (χ1v) is 6.86. The lowest BCUT2D eigenvalue weighted by Crippen LogP contribution is -2.44. The molecule has 1 aromatic rings. The molecule has 0 aromatic heterocycles. The standard InChI is InChI=1S/C16H24N2O2/c1-6-16(2,3)15(20)17-13(14(19)18(4)5)12-10-8-7-9-11-12/h7-11,13H,6H2,1-5H3,(H,17,20)/t13-/m1/s1. The Kier molecular flexibility index (Phi) is 5.31. The fourth-order valence-corrected chi connectivity index (χ4v) is 1.68. The summed E-state index contributed by atoms with van der Waals surface area (Å²) in [6.07, 6.45) is 0.719. The molecule has 4 nitrogen and oxygen atoms in total. The van der Waals surface area contributed by atoms with Crippen LogP contribution in [0.2, 0.25) is 0 Å². The van der Waals surface area contributed by atoms with E-state index < -0.39 is 11.5 Å². The molecule has 0 aliphatic carbocycles. The number of nitrogens with zero attached hydrogens (tertiary/aromatic N) is 1. The maximum atomic E-state index is 12.3. The predicted octanol–water partition coefficient (Wildman–Crippen LogP) is 2.37. The van der Waals surface area contributed by atoms with E-state index in [1.54, 1.807) is 14.1 Å². The molecule has 1 atom stereocenters. The van der Waals surface area contributed by atoms with Crippen LogP contribution < -0.4 is 5.32 Å². The van der Waals surface area contributed by atoms with Crippen molar-refractivity contribution in [3.63, 3.8) is 0 Å². The van der Waals surface area contributed by atoms with Gasteiger partial charge in [-0.15, -0.1) is 0 Å². The molecule has 1 N–H and O–H groups in total. The van der Waals surface area contributed by atoms with Crippen LogP contribution in [0.1, 0.15) is 38.8 Å². The van der Waals surface area contributed by atoms with Gasteiger partial charge in [-0.25, -0.2) is 0 Å². The fraction of sp³-hybridized carbons (Fsp3) is 0.500. The molecule has 110 valence electrons. The SMILES string of the molecule is CCC(C)(C)C(=O)N[C@@H](C(=O)N(C)C)c1ccccc1. The van der Waals surface area contributed by atoms with Crippen LogP contribution in [0.15, 0.2) is 30.3 Å². The summed E-state index contributed by atoms with van der Waals surface area (Å²) in [6, 6.07) is 8.68. The minimum Gasteiger partial charge on any atom is -0.347 e. The van der Waals surface area contributed by atoms with E-state index in [1.165, 1.54) is 4.90 Å². The Morgan fingerprint density at radius 2 is 1.75 bits per heavy atom. The Labute approximate surface area is 121 Å². The molecule has 20 heavy (non-hydrogen) atoms. The molecule has 4 heteroatoms. The largest absolute Gasteiger partial charge is 0.347 e. The summed E-state index contributed by atoms with van der Waals surface area (Å²) in [5.41, 5.74) is 0.311. The van der Waals surface area contributed by atoms with Gasteiger partial charge in [0, 0.05) is 19.5 Å². The first-order valence-electron chi connectivity index (χ1n) is 6.86. The second kappa shape index (κ2) is 6.55. The Bertz CT molecular complexity index is 467. The lowest BCUT2D eigenvalue weighted by molar-refractivity contribution is -0.137. The third kappa shape index (κ3) is 3.83. The second-order valence-corrected chi connectivity index (χ2v) is 5.79. The van der Waals surface area contributed by atoms with Crippen LogP contribution in [0.4, 0.5) is 0 Å². The molecule has 0 heterocycles. The van der Waals surface area contributed by atoms with Gasteiger partial charge < -0.3 is 10.2 Å². The van der Waals surface area contributed by atoms with E-state index in [4.69, 9.17) is 0 Å². The lowest BCUT2D eigenvalue weighted by atomic mass is 9.88. The summed E-state index contributed by atoms with van der Waals surface area (Å²) in [7, 11) is 3.38. The summed E-state index contributed by atoms with van der Waals surface area (Å²) < 4.78 is 0. The lowest BCUT2D eigenvalue weighted by Gasteiger charge is -2.27. The molecule has 2 amide bonds. The van der Waals surface area contributed by atoms with Crippen molar-refractivity contribution in [3.8, 4) is 0 Å². The fourth-order valence-electron chi connectivity index (χ4n) is 1.68. The first-order chi connectivity index (χ1) is 9.29. The average Bonchev–Trinajstić information content (AvgIpc) is 2.44. The van der Waals surface area contributed by atoms with E-state index in [0.29, 0.717) is 0 Å². The summed E-state index contributed by atoms with van der Waals surface area (Å²) >= 11 is 0. The van der Waals surface area contributed by atoms with Gasteiger partial charge in [-0.2, -0.15) is 0 Å². The van der Waals surface area contributed by atoms with Gasteiger partial charge in [0.1, 0.15) is 6.04 Å². The summed E-state index contributed by atoms with van der Waals surface area (Å²) in [5, 5.41) is 2.88. The van der Waals surface area contributed by atoms with E-state index in [-0.39, 0.29) is 11.8 Å². The molecule has 0 aliphatic heterocycles. The zero-order valence-corrected chi connectivity index (χ0v) is 12.9. The number of benzene rings is 1. The van der Waals surface area contributed by atoms with Crippen molar-refractivity contribution in [1.82, 2.24) is 10.2 Å². The van der Waals surface area contributed by atoms with Crippen molar-refractivity contribution in [2.24, 2.45) is 5.41 Å². The van der Waals surface area contributed by atoms with Gasteiger partial charge in [0.2, 0.25) is 11.8 Å². The molecule has 1 aromatic carbocycles. The van der Waals surface area contributed by atoms with Crippen LogP contribution in [0.5, 0.6) is 0 Å². The topological polar surface area (TPSA) is 49.4 Å². The van der Waals surface area contributed by atoms with Gasteiger partial charge >= 0.3 is 0 Å². The number of carbonyl (C=O) groups is 2. The Morgan fingerprint density at radius 3 is 2.20 bits per heavy atom. The van der Waals surface area contributed by atoms with Crippen molar-refractivity contribution < 1.29 is 9.59 Å². The van der Waals surface area contributed by atoms with Crippen LogP contribution in [-0.2, 0) is 9.59 Å². The highest BCUT2D eigenvalue weighted by Crippen LogP contribution is 2.23. The Balaban J connectivity index is 3.02. The predicted molar refractivity (Wildman–Crippen MR) is 80.1 cm³/mol. The van der Waals surface area contributed by atoms with Crippen molar-refractivity contribution >= 4 is 11.8 Å². The number of hydrogen-bond donors (Lipinski definition) is 1. The van der Waals surface area contributed by atoms with Gasteiger partial charge in [0.15, 0.2) is 0 Å². The van der Waals surface area contributed by atoms with E-state index in [2.05, 4.69) is 5.32 Å². The normalized spacial score (nSPS) is 12.7. The number of carbonyl (C=O) groups excluding carboxylic acids is 2. The molecule has 0 radical (unpaired) electrons. The van der Waals surface area contributed by atoms with E-state index in [9.17, 15) is 9.59 Å². The maximum Gasteiger partial charge on any atom is 0.249 e. The van der Waals surface area contributed by atoms with Crippen LogP contribution in [0.3, 0.4) is 0 Å². The van der Waals surface area contributed by atoms with Crippen molar-refractivity contribution in [2.45, 2.75) is 33.2 Å². The molecular weight excluding hydrogens is 252 g/mol. The molecule has 0 spiro atoms. The van der Waals surface area contributed by atoms with Gasteiger partial charge in [0.25, 0.3) is 0 Å². The highest BCUT2D eigenvalue weighted by molar-refractivity contribution is 5.90. The molecular formula is C16H24N2O2. The summed E-state index contributed by atoms with van der Waals surface area (Å²) in [5.74, 6) is -0.236. The molecule has 0 saturated carbocycles. The summed E-state index contributed by atoms with van der Waals surface area (Å²) in [6.45, 7) is 5.72. The van der Waals surface area contributed by atoms with Crippen LogP contribution in [0.25, 0.3) is 0 Å². The number of nitrogens with one attached hydrogen (secondary N) is 1. The zero-order valence-electron chi connectivity index (χ0n) is 12.9. The van der Waals surface area contributed by atoms with Crippen molar-refractivity contribution in [3.05, 3.63) is 35.9 Å². The molecule has 0 fully saturated rings. The number of rotatable bonds is 5. The summed E-state index contributed by atoms with van der Waals surface area (Å²) in [4.78, 5) is 26.1. The third-order valence-corrected chi connectivity index (χ3v) is 3.59. The van der Waals surface area contributed by atoms with E-state index in [1.807, 2.05) is 51.1 Å². The smallest absolute Gasteiger partial charge is 0.249 e. The minimum atomic E-state index is -0.635. The number of likely N-dealkylation sites (N-methyl/N-ethyl adjacent to an activating group) is 1. The number of amides is 2. The van der Waals surface area contributed by atoms with E-state index in [0.717, 1.165) is 12.0 Å². The Morgan fingerprint density at radius 1 is 1.20 bits per heavy atom. The minimum absolute atomic E-state index is 0.107. The van der Waals surface area contributed by atoms with Gasteiger partial charge in [-0.1, -0.05) is 51.1 Å². The molecule has 1 rings (SSSR count). The monoisotopic (exact) mass is 276 g/mol. The molecule has 0 aliphatic rings. The number of hydrogen-bond acceptors (Lipinski definition) is 2. The van der Waals surface area contributed by atoms with Crippen molar-refractivity contribution in [2.75, 3.05) is 14.1 Å². The zero-order chi connectivity index (χ0) is 15.3. The van der Waals surface area contributed by atoms with Gasteiger partial charge in [-0.05, 0) is 12.0 Å². The van der Waals surface area contributed by atoms with Gasteiger partial charge in [-0.3, -0.25) is 9.59 Å². The molecule has 0 unspecified atom stereocenters. The van der Waals surface area contributed by atoms with Gasteiger partial charge in [0.05, 0.1) is 0 Å². The third-order valence-electron chi connectivity index (χ3n) is 3.59. The van der Waals surface area contributed by atoms with E-state index >= 15 is 0 Å². The van der Waals surface area contributed by atoms with Crippen LogP contribution in [0, 0.1) is 5.41 Å². The van der Waals surface area contributed by atoms with Crippen LogP contribution in [-0.4, -0.2) is 30.8 Å². The highest BCUT2D eigenvalue weighted by atomic mass is 16.2. The first kappa shape index (κ1) is 16.2. The maximum absolute atomic E-state index is 12.3. The Hall–Kier alpha value is -1.84. The molecule has 0 bridgehead atoms. The average molecular weight is 276 g/mol. The van der Waals surface area contributed by atoms with Crippen LogP contribution >= 0.6 is 0 Å². The second-order valence-electron chi connectivity index (χ2n) is 5.79.